The van der Waals surface area contributed by atoms with E-state index in [-0.39, 0.29) is 11.4 Å². The van der Waals surface area contributed by atoms with Gasteiger partial charge in [-0.25, -0.2) is 4.39 Å². The largest absolute Gasteiger partial charge is 0.329 e. The van der Waals surface area contributed by atoms with Crippen molar-refractivity contribution < 1.29 is 4.39 Å². The van der Waals surface area contributed by atoms with Crippen LogP contribution in [-0.4, -0.2) is 19.3 Å². The van der Waals surface area contributed by atoms with Gasteiger partial charge in [0, 0.05) is 6.54 Å². The molecular formula is C15H15FN4OS. The first-order chi connectivity index (χ1) is 10.5. The average Bonchev–Trinajstić information content (AvgIpc) is 2.82. The molecule has 0 amide bonds. The van der Waals surface area contributed by atoms with Crippen molar-refractivity contribution in [2.24, 2.45) is 0 Å². The average molecular weight is 318 g/mol. The highest BCUT2D eigenvalue weighted by Gasteiger charge is 2.14. The SMILES string of the molecule is CCn1nc(C)c2[nH]c(=S)n(Cc3ccc(F)cc3)c(=O)c21. The lowest BCUT2D eigenvalue weighted by molar-refractivity contribution is 0.625. The Labute approximate surface area is 131 Å². The van der Waals surface area contributed by atoms with Gasteiger partial charge < -0.3 is 4.98 Å². The molecule has 114 valence electrons. The third-order valence-corrected chi connectivity index (χ3v) is 3.93. The fourth-order valence-corrected chi connectivity index (χ4v) is 2.74. The monoisotopic (exact) mass is 318 g/mol. The number of aryl methyl sites for hydroxylation is 2. The second-order valence-electron chi connectivity index (χ2n) is 5.07. The summed E-state index contributed by atoms with van der Waals surface area (Å²) in [6.07, 6.45) is 0. The highest BCUT2D eigenvalue weighted by Crippen LogP contribution is 2.13. The highest BCUT2D eigenvalue weighted by atomic mass is 32.1. The minimum atomic E-state index is -0.309. The van der Waals surface area contributed by atoms with E-state index in [0.717, 1.165) is 11.3 Å². The Balaban J connectivity index is 2.19. The van der Waals surface area contributed by atoms with Crippen LogP contribution in [0, 0.1) is 17.5 Å². The molecule has 2 aromatic heterocycles. The Morgan fingerprint density at radius 2 is 2.00 bits per heavy atom. The molecule has 0 aliphatic heterocycles. The Morgan fingerprint density at radius 3 is 2.64 bits per heavy atom. The number of aromatic nitrogens is 4. The first kappa shape index (κ1) is 14.6. The van der Waals surface area contributed by atoms with Gasteiger partial charge >= 0.3 is 0 Å². The van der Waals surface area contributed by atoms with E-state index in [1.54, 1.807) is 16.8 Å². The molecule has 1 aromatic carbocycles. The van der Waals surface area contributed by atoms with Gasteiger partial charge in [-0.1, -0.05) is 12.1 Å². The maximum absolute atomic E-state index is 13.0. The van der Waals surface area contributed by atoms with Crippen LogP contribution in [0.5, 0.6) is 0 Å². The molecule has 3 aromatic rings. The van der Waals surface area contributed by atoms with Crippen LogP contribution < -0.4 is 5.56 Å². The fraction of sp³-hybridized carbons (Fsp3) is 0.267. The standard InChI is InChI=1S/C15H15FN4OS/c1-3-20-13-12(9(2)18-20)17-15(22)19(14(13)21)8-10-4-6-11(16)7-5-10/h4-7H,3,8H2,1-2H3,(H,17,22). The molecule has 0 saturated heterocycles. The number of aromatic amines is 1. The van der Waals surface area contributed by atoms with E-state index in [4.69, 9.17) is 12.2 Å². The molecule has 0 aliphatic carbocycles. The Morgan fingerprint density at radius 1 is 1.32 bits per heavy atom. The van der Waals surface area contributed by atoms with Crippen molar-refractivity contribution in [2.75, 3.05) is 0 Å². The van der Waals surface area contributed by atoms with Crippen LogP contribution >= 0.6 is 12.2 Å². The van der Waals surface area contributed by atoms with Gasteiger partial charge in [-0.15, -0.1) is 0 Å². The summed E-state index contributed by atoms with van der Waals surface area (Å²) in [6.45, 7) is 4.65. The van der Waals surface area contributed by atoms with E-state index in [0.29, 0.717) is 28.9 Å². The lowest BCUT2D eigenvalue weighted by atomic mass is 10.2. The number of H-pyrrole nitrogens is 1. The Hall–Kier alpha value is -2.28. The summed E-state index contributed by atoms with van der Waals surface area (Å²) in [5, 5.41) is 4.35. The maximum atomic E-state index is 13.0. The molecule has 22 heavy (non-hydrogen) atoms. The van der Waals surface area contributed by atoms with Gasteiger partial charge in [0.25, 0.3) is 5.56 Å². The van der Waals surface area contributed by atoms with Crippen LogP contribution in [0.25, 0.3) is 11.0 Å². The molecule has 0 atom stereocenters. The van der Waals surface area contributed by atoms with Crippen LogP contribution in [0.3, 0.4) is 0 Å². The minimum absolute atomic E-state index is 0.189. The molecule has 5 nitrogen and oxygen atoms in total. The van der Waals surface area contributed by atoms with Gasteiger partial charge in [0.15, 0.2) is 10.3 Å². The van der Waals surface area contributed by atoms with E-state index < -0.39 is 0 Å². The summed E-state index contributed by atoms with van der Waals surface area (Å²) in [6, 6.07) is 6.02. The second kappa shape index (κ2) is 5.49. The number of hydrogen-bond acceptors (Lipinski definition) is 3. The number of halogens is 1. The van der Waals surface area contributed by atoms with Gasteiger partial charge in [0.1, 0.15) is 5.82 Å². The van der Waals surface area contributed by atoms with E-state index >= 15 is 0 Å². The minimum Gasteiger partial charge on any atom is -0.329 e. The third kappa shape index (κ3) is 2.37. The first-order valence-corrected chi connectivity index (χ1v) is 7.36. The predicted octanol–water partition coefficient (Wildman–Crippen LogP) is 2.77. The lowest BCUT2D eigenvalue weighted by Gasteiger charge is -2.07. The van der Waals surface area contributed by atoms with Crippen molar-refractivity contribution in [3.05, 3.63) is 56.5 Å². The fourth-order valence-electron chi connectivity index (χ4n) is 2.49. The molecule has 3 rings (SSSR count). The molecule has 2 heterocycles. The smallest absolute Gasteiger partial charge is 0.280 e. The molecule has 0 bridgehead atoms. The second-order valence-corrected chi connectivity index (χ2v) is 5.46. The molecular weight excluding hydrogens is 303 g/mol. The molecule has 1 N–H and O–H groups in total. The Kier molecular flexibility index (Phi) is 3.66. The van der Waals surface area contributed by atoms with Crippen molar-refractivity contribution in [1.29, 1.82) is 0 Å². The van der Waals surface area contributed by atoms with Crippen molar-refractivity contribution in [1.82, 2.24) is 19.3 Å². The number of nitrogens with zero attached hydrogens (tertiary/aromatic N) is 3. The number of fused-ring (bicyclic) bond motifs is 1. The van der Waals surface area contributed by atoms with Gasteiger partial charge in [0.05, 0.1) is 17.8 Å². The Bertz CT molecular complexity index is 953. The van der Waals surface area contributed by atoms with Gasteiger partial charge in [-0.05, 0) is 43.8 Å². The zero-order valence-corrected chi connectivity index (χ0v) is 13.1. The summed E-state index contributed by atoms with van der Waals surface area (Å²) in [5.74, 6) is -0.309. The lowest BCUT2D eigenvalue weighted by Crippen LogP contribution is -2.24. The molecule has 0 aliphatic rings. The molecule has 0 spiro atoms. The van der Waals surface area contributed by atoms with Crippen molar-refractivity contribution in [3.63, 3.8) is 0 Å². The van der Waals surface area contributed by atoms with Gasteiger partial charge in [-0.3, -0.25) is 14.0 Å². The summed E-state index contributed by atoms with van der Waals surface area (Å²) in [5.41, 5.74) is 2.55. The predicted molar refractivity (Wildman–Crippen MR) is 85.1 cm³/mol. The number of benzene rings is 1. The third-order valence-electron chi connectivity index (χ3n) is 3.61. The summed E-state index contributed by atoms with van der Waals surface area (Å²) >= 11 is 5.29. The maximum Gasteiger partial charge on any atom is 0.280 e. The van der Waals surface area contributed by atoms with E-state index in [9.17, 15) is 9.18 Å². The van der Waals surface area contributed by atoms with Gasteiger partial charge in [-0.2, -0.15) is 5.10 Å². The molecule has 0 fully saturated rings. The van der Waals surface area contributed by atoms with Crippen LogP contribution in [0.15, 0.2) is 29.1 Å². The van der Waals surface area contributed by atoms with E-state index in [1.807, 2.05) is 13.8 Å². The quantitative estimate of drug-likeness (QED) is 0.756. The molecule has 0 radical (unpaired) electrons. The normalized spacial score (nSPS) is 11.2. The summed E-state index contributed by atoms with van der Waals surface area (Å²) < 4.78 is 16.5. The molecule has 0 saturated carbocycles. The van der Waals surface area contributed by atoms with Crippen LogP contribution in [-0.2, 0) is 13.1 Å². The molecule has 0 unspecified atom stereocenters. The number of rotatable bonds is 3. The zero-order chi connectivity index (χ0) is 15.9. The number of nitrogens with one attached hydrogen (secondary N) is 1. The summed E-state index contributed by atoms with van der Waals surface area (Å²) in [7, 11) is 0. The van der Waals surface area contributed by atoms with E-state index in [1.165, 1.54) is 16.7 Å². The van der Waals surface area contributed by atoms with E-state index in [2.05, 4.69) is 10.1 Å². The molecule has 7 heteroatoms. The van der Waals surface area contributed by atoms with Crippen LogP contribution in [0.4, 0.5) is 4.39 Å². The van der Waals surface area contributed by atoms with Crippen LogP contribution in [0.1, 0.15) is 18.2 Å². The topological polar surface area (TPSA) is 55.6 Å². The first-order valence-electron chi connectivity index (χ1n) is 6.96. The van der Waals surface area contributed by atoms with Crippen molar-refractivity contribution >= 4 is 23.3 Å². The highest BCUT2D eigenvalue weighted by molar-refractivity contribution is 7.71. The zero-order valence-electron chi connectivity index (χ0n) is 12.3. The number of hydrogen-bond donors (Lipinski definition) is 1. The van der Waals surface area contributed by atoms with Gasteiger partial charge in [0.2, 0.25) is 0 Å². The summed E-state index contributed by atoms with van der Waals surface area (Å²) in [4.78, 5) is 15.8. The van der Waals surface area contributed by atoms with Crippen molar-refractivity contribution in [2.45, 2.75) is 26.9 Å². The van der Waals surface area contributed by atoms with Crippen LogP contribution in [0.2, 0.25) is 0 Å². The van der Waals surface area contributed by atoms with Crippen molar-refractivity contribution in [3.8, 4) is 0 Å².